The van der Waals surface area contributed by atoms with Crippen molar-refractivity contribution in [1.82, 2.24) is 20.1 Å². The standard InChI is InChI=1S/C13H25N5O/c1-9(11-17-15-8-18(11)5)16-12(19)10(7-14)6-13(2,3)4/h8-10H,6-7,14H2,1-5H3,(H,16,19). The van der Waals surface area contributed by atoms with Crippen LogP contribution >= 0.6 is 0 Å². The molecule has 0 aromatic carbocycles. The summed E-state index contributed by atoms with van der Waals surface area (Å²) in [7, 11) is 1.85. The minimum Gasteiger partial charge on any atom is -0.346 e. The molecule has 0 aliphatic rings. The minimum atomic E-state index is -0.172. The molecule has 1 heterocycles. The average molecular weight is 267 g/mol. The number of aryl methyl sites for hydroxylation is 1. The van der Waals surface area contributed by atoms with Crippen LogP contribution < -0.4 is 11.1 Å². The van der Waals surface area contributed by atoms with E-state index in [1.807, 2.05) is 14.0 Å². The highest BCUT2D eigenvalue weighted by atomic mass is 16.2. The first kappa shape index (κ1) is 15.6. The van der Waals surface area contributed by atoms with Gasteiger partial charge in [-0.2, -0.15) is 0 Å². The van der Waals surface area contributed by atoms with Gasteiger partial charge in [0.1, 0.15) is 6.33 Å². The second-order valence-corrected chi connectivity index (χ2v) is 6.23. The SMILES string of the molecule is CC(NC(=O)C(CN)CC(C)(C)C)c1nncn1C. The number of nitrogens with two attached hydrogens (primary N) is 1. The van der Waals surface area contributed by atoms with Crippen molar-refractivity contribution in [3.05, 3.63) is 12.2 Å². The number of nitrogens with one attached hydrogen (secondary N) is 1. The number of hydrogen-bond acceptors (Lipinski definition) is 4. The largest absolute Gasteiger partial charge is 0.346 e. The number of rotatable bonds is 5. The Balaban J connectivity index is 2.65. The summed E-state index contributed by atoms with van der Waals surface area (Å²) in [5, 5.41) is 10.8. The Morgan fingerprint density at radius 2 is 2.16 bits per heavy atom. The second-order valence-electron chi connectivity index (χ2n) is 6.23. The Bertz CT molecular complexity index is 421. The summed E-state index contributed by atoms with van der Waals surface area (Å²) in [6, 6.07) is -0.172. The second kappa shape index (κ2) is 6.14. The van der Waals surface area contributed by atoms with Gasteiger partial charge in [0.2, 0.25) is 5.91 Å². The van der Waals surface area contributed by atoms with Gasteiger partial charge in [0.15, 0.2) is 5.82 Å². The number of carbonyl (C=O) groups is 1. The van der Waals surface area contributed by atoms with Crippen LogP contribution in [0.15, 0.2) is 6.33 Å². The summed E-state index contributed by atoms with van der Waals surface area (Å²) in [5.74, 6) is 0.545. The van der Waals surface area contributed by atoms with Gasteiger partial charge in [-0.3, -0.25) is 4.79 Å². The lowest BCUT2D eigenvalue weighted by Crippen LogP contribution is -2.39. The maximum absolute atomic E-state index is 12.2. The van der Waals surface area contributed by atoms with Crippen LogP contribution in [0.25, 0.3) is 0 Å². The van der Waals surface area contributed by atoms with Crippen LogP contribution in [0.4, 0.5) is 0 Å². The van der Waals surface area contributed by atoms with Crippen molar-refractivity contribution in [3.8, 4) is 0 Å². The van der Waals surface area contributed by atoms with Crippen molar-refractivity contribution in [2.45, 2.75) is 40.2 Å². The third-order valence-electron chi connectivity index (χ3n) is 3.01. The molecule has 1 aromatic rings. The van der Waals surface area contributed by atoms with Crippen LogP contribution in [-0.4, -0.2) is 27.2 Å². The molecule has 19 heavy (non-hydrogen) atoms. The molecule has 0 bridgehead atoms. The van der Waals surface area contributed by atoms with Crippen LogP contribution in [0.5, 0.6) is 0 Å². The average Bonchev–Trinajstić information content (AvgIpc) is 2.70. The van der Waals surface area contributed by atoms with Gasteiger partial charge in [-0.05, 0) is 18.8 Å². The molecule has 0 saturated carbocycles. The molecule has 108 valence electrons. The van der Waals surface area contributed by atoms with E-state index < -0.39 is 0 Å². The van der Waals surface area contributed by atoms with Crippen LogP contribution in [0.2, 0.25) is 0 Å². The molecule has 6 nitrogen and oxygen atoms in total. The van der Waals surface area contributed by atoms with Gasteiger partial charge in [-0.25, -0.2) is 0 Å². The van der Waals surface area contributed by atoms with Gasteiger partial charge in [0.25, 0.3) is 0 Å². The van der Waals surface area contributed by atoms with E-state index in [1.54, 1.807) is 10.9 Å². The highest BCUT2D eigenvalue weighted by Gasteiger charge is 2.25. The van der Waals surface area contributed by atoms with Crippen LogP contribution in [0.3, 0.4) is 0 Å². The summed E-state index contributed by atoms with van der Waals surface area (Å²) < 4.78 is 1.80. The van der Waals surface area contributed by atoms with Gasteiger partial charge in [0, 0.05) is 13.6 Å². The Morgan fingerprint density at radius 1 is 1.53 bits per heavy atom. The van der Waals surface area contributed by atoms with Gasteiger partial charge in [-0.1, -0.05) is 20.8 Å². The molecular weight excluding hydrogens is 242 g/mol. The summed E-state index contributed by atoms with van der Waals surface area (Å²) in [5.41, 5.74) is 5.79. The molecule has 0 saturated heterocycles. The van der Waals surface area contributed by atoms with Crippen molar-refractivity contribution >= 4 is 5.91 Å². The lowest BCUT2D eigenvalue weighted by molar-refractivity contribution is -0.126. The van der Waals surface area contributed by atoms with Crippen molar-refractivity contribution in [2.24, 2.45) is 24.1 Å². The van der Waals surface area contributed by atoms with Crippen molar-refractivity contribution in [3.63, 3.8) is 0 Å². The number of aromatic nitrogens is 3. The van der Waals surface area contributed by atoms with E-state index in [2.05, 4.69) is 36.3 Å². The van der Waals surface area contributed by atoms with E-state index in [1.165, 1.54) is 0 Å². The molecule has 2 atom stereocenters. The zero-order valence-electron chi connectivity index (χ0n) is 12.5. The van der Waals surface area contributed by atoms with Crippen LogP contribution in [0.1, 0.15) is 46.0 Å². The molecule has 6 heteroatoms. The van der Waals surface area contributed by atoms with Crippen molar-refractivity contribution in [2.75, 3.05) is 6.54 Å². The maximum Gasteiger partial charge on any atom is 0.224 e. The number of nitrogens with zero attached hydrogens (tertiary/aromatic N) is 3. The van der Waals surface area contributed by atoms with Gasteiger partial charge in [0.05, 0.1) is 12.0 Å². The fraction of sp³-hybridized carbons (Fsp3) is 0.769. The first-order valence-electron chi connectivity index (χ1n) is 6.59. The molecular formula is C13H25N5O. The zero-order chi connectivity index (χ0) is 14.6. The third-order valence-corrected chi connectivity index (χ3v) is 3.01. The Hall–Kier alpha value is -1.43. The summed E-state index contributed by atoms with van der Waals surface area (Å²) in [6.45, 7) is 8.57. The highest BCUT2D eigenvalue weighted by Crippen LogP contribution is 2.24. The first-order chi connectivity index (χ1) is 8.74. The van der Waals surface area contributed by atoms with Crippen LogP contribution in [0, 0.1) is 11.3 Å². The fourth-order valence-corrected chi connectivity index (χ4v) is 2.10. The van der Waals surface area contributed by atoms with E-state index in [0.29, 0.717) is 6.54 Å². The maximum atomic E-state index is 12.2. The highest BCUT2D eigenvalue weighted by molar-refractivity contribution is 5.79. The lowest BCUT2D eigenvalue weighted by Gasteiger charge is -2.25. The molecule has 0 aliphatic heterocycles. The third kappa shape index (κ3) is 4.63. The smallest absolute Gasteiger partial charge is 0.224 e. The van der Waals surface area contributed by atoms with Crippen molar-refractivity contribution < 1.29 is 4.79 Å². The van der Waals surface area contributed by atoms with E-state index in [9.17, 15) is 4.79 Å². The fourth-order valence-electron chi connectivity index (χ4n) is 2.10. The molecule has 3 N–H and O–H groups in total. The molecule has 2 unspecified atom stereocenters. The summed E-state index contributed by atoms with van der Waals surface area (Å²) >= 11 is 0. The lowest BCUT2D eigenvalue weighted by atomic mass is 9.84. The Kier molecular flexibility index (Phi) is 5.05. The predicted molar refractivity (Wildman–Crippen MR) is 74.2 cm³/mol. The normalized spacial score (nSPS) is 15.1. The molecule has 0 radical (unpaired) electrons. The Morgan fingerprint density at radius 3 is 2.58 bits per heavy atom. The van der Waals surface area contributed by atoms with Gasteiger partial charge in [-0.15, -0.1) is 10.2 Å². The zero-order valence-corrected chi connectivity index (χ0v) is 12.5. The Labute approximate surface area is 114 Å². The molecule has 1 rings (SSSR count). The van der Waals surface area contributed by atoms with E-state index in [0.717, 1.165) is 12.2 Å². The molecule has 1 aromatic heterocycles. The topological polar surface area (TPSA) is 85.8 Å². The van der Waals surface area contributed by atoms with E-state index in [4.69, 9.17) is 5.73 Å². The van der Waals surface area contributed by atoms with Gasteiger partial charge < -0.3 is 15.6 Å². The number of amides is 1. The molecule has 1 amide bonds. The van der Waals surface area contributed by atoms with Gasteiger partial charge >= 0.3 is 0 Å². The number of carbonyl (C=O) groups excluding carboxylic acids is 1. The summed E-state index contributed by atoms with van der Waals surface area (Å²) in [4.78, 5) is 12.2. The molecule has 0 aliphatic carbocycles. The first-order valence-corrected chi connectivity index (χ1v) is 6.59. The minimum absolute atomic E-state index is 0.0204. The van der Waals surface area contributed by atoms with Crippen molar-refractivity contribution in [1.29, 1.82) is 0 Å². The quantitative estimate of drug-likeness (QED) is 0.833. The van der Waals surface area contributed by atoms with E-state index >= 15 is 0 Å². The molecule has 0 fully saturated rings. The van der Waals surface area contributed by atoms with Crippen LogP contribution in [-0.2, 0) is 11.8 Å². The predicted octanol–water partition coefficient (Wildman–Crippen LogP) is 1.00. The monoisotopic (exact) mass is 267 g/mol. The number of hydrogen-bond donors (Lipinski definition) is 2. The summed E-state index contributed by atoms with van der Waals surface area (Å²) in [6.07, 6.45) is 2.38. The molecule has 0 spiro atoms. The van der Waals surface area contributed by atoms with E-state index in [-0.39, 0.29) is 23.3 Å².